The highest BCUT2D eigenvalue weighted by atomic mass is 16.5. The topological polar surface area (TPSA) is 64.3 Å². The third-order valence-electron chi connectivity index (χ3n) is 5.35. The van der Waals surface area contributed by atoms with Crippen molar-refractivity contribution in [2.75, 3.05) is 11.9 Å². The molecule has 3 aromatic carbocycles. The zero-order valence-electron chi connectivity index (χ0n) is 17.5. The lowest BCUT2D eigenvalue weighted by Crippen LogP contribution is -2.05. The molecule has 6 nitrogen and oxygen atoms in total. The molecule has 0 unspecified atom stereocenters. The van der Waals surface area contributed by atoms with Crippen LogP contribution in [0.3, 0.4) is 0 Å². The molecule has 0 aliphatic heterocycles. The highest BCUT2D eigenvalue weighted by molar-refractivity contribution is 5.93. The Bertz CT molecular complexity index is 1360. The van der Waals surface area contributed by atoms with Crippen LogP contribution in [0.4, 0.5) is 5.82 Å². The number of hydrogen-bond acceptors (Lipinski definition) is 5. The Kier molecular flexibility index (Phi) is 4.96. The quantitative estimate of drug-likeness (QED) is 0.414. The number of rotatable bonds is 6. The van der Waals surface area contributed by atoms with Gasteiger partial charge in [-0.15, -0.1) is 5.10 Å². The number of hydrogen-bond donors (Lipinski definition) is 1. The number of nitrogens with zero attached hydrogens (tertiary/aromatic N) is 4. The van der Waals surface area contributed by atoms with E-state index in [1.165, 1.54) is 0 Å². The highest BCUT2D eigenvalue weighted by Gasteiger charge is 2.16. The van der Waals surface area contributed by atoms with Crippen LogP contribution in [0.15, 0.2) is 72.8 Å². The predicted octanol–water partition coefficient (Wildman–Crippen LogP) is 5.26. The molecule has 2 heterocycles. The molecular weight excluding hydrogens is 386 g/mol. The largest absolute Gasteiger partial charge is 0.494 e. The summed E-state index contributed by atoms with van der Waals surface area (Å²) in [6.07, 6.45) is 0. The van der Waals surface area contributed by atoms with E-state index in [4.69, 9.17) is 9.72 Å². The molecule has 0 saturated carbocycles. The molecule has 0 radical (unpaired) electrons. The maximum absolute atomic E-state index is 5.54. The summed E-state index contributed by atoms with van der Waals surface area (Å²) in [5.41, 5.74) is 5.82. The molecule has 0 fully saturated rings. The number of para-hydroxylation sites is 1. The first-order chi connectivity index (χ1) is 15.2. The second-order valence-corrected chi connectivity index (χ2v) is 7.40. The first kappa shape index (κ1) is 19.1. The molecule has 0 aliphatic rings. The average Bonchev–Trinajstić information content (AvgIpc) is 3.23. The van der Waals surface area contributed by atoms with Crippen LogP contribution >= 0.6 is 0 Å². The van der Waals surface area contributed by atoms with E-state index in [2.05, 4.69) is 52.9 Å². The summed E-state index contributed by atoms with van der Waals surface area (Å²) >= 11 is 0. The summed E-state index contributed by atoms with van der Waals surface area (Å²) in [6.45, 7) is 5.38. The number of nitrogens with one attached hydrogen (secondary N) is 1. The highest BCUT2D eigenvalue weighted by Crippen LogP contribution is 2.29. The lowest BCUT2D eigenvalue weighted by Gasteiger charge is -2.11. The fourth-order valence-electron chi connectivity index (χ4n) is 3.77. The van der Waals surface area contributed by atoms with Crippen LogP contribution in [0.1, 0.15) is 18.1 Å². The Hall–Kier alpha value is -3.93. The summed E-state index contributed by atoms with van der Waals surface area (Å²) in [4.78, 5) is 4.95. The van der Waals surface area contributed by atoms with Gasteiger partial charge in [0.15, 0.2) is 5.65 Å². The summed E-state index contributed by atoms with van der Waals surface area (Å²) in [5, 5.41) is 13.4. The van der Waals surface area contributed by atoms with E-state index >= 15 is 0 Å². The first-order valence-corrected chi connectivity index (χ1v) is 10.4. The van der Waals surface area contributed by atoms with Gasteiger partial charge in [0.1, 0.15) is 17.3 Å². The standard InChI is InChI=1S/C25H23N5O/c1-3-31-19-14-12-18(13-15-19)16-26-24-21-10-6-7-11-22(21)30-25(27-24)23(28-29-30)20-9-5-4-8-17(20)2/h4-15H,3,16H2,1-2H3,(H,26,27). The molecule has 2 aromatic heterocycles. The minimum atomic E-state index is 0.654. The van der Waals surface area contributed by atoms with Crippen molar-refractivity contribution in [3.8, 4) is 17.0 Å². The van der Waals surface area contributed by atoms with Gasteiger partial charge in [0.05, 0.1) is 12.1 Å². The fourth-order valence-corrected chi connectivity index (χ4v) is 3.77. The molecule has 0 saturated heterocycles. The minimum Gasteiger partial charge on any atom is -0.494 e. The van der Waals surface area contributed by atoms with Crippen LogP contribution < -0.4 is 10.1 Å². The van der Waals surface area contributed by atoms with E-state index in [1.807, 2.05) is 53.9 Å². The van der Waals surface area contributed by atoms with Gasteiger partial charge in [-0.05, 0) is 49.2 Å². The third-order valence-corrected chi connectivity index (χ3v) is 5.35. The van der Waals surface area contributed by atoms with E-state index in [-0.39, 0.29) is 0 Å². The Labute approximate surface area is 180 Å². The average molecular weight is 409 g/mol. The number of aromatic nitrogens is 4. The predicted molar refractivity (Wildman–Crippen MR) is 123 cm³/mol. The van der Waals surface area contributed by atoms with Gasteiger partial charge in [0.2, 0.25) is 0 Å². The monoisotopic (exact) mass is 409 g/mol. The molecule has 0 amide bonds. The van der Waals surface area contributed by atoms with E-state index < -0.39 is 0 Å². The molecule has 0 atom stereocenters. The fraction of sp³-hybridized carbons (Fsp3) is 0.160. The molecule has 6 heteroatoms. The van der Waals surface area contributed by atoms with Gasteiger partial charge in [-0.25, -0.2) is 4.98 Å². The Balaban J connectivity index is 1.56. The number of benzene rings is 3. The smallest absolute Gasteiger partial charge is 0.186 e. The Morgan fingerprint density at radius 1 is 0.935 bits per heavy atom. The summed E-state index contributed by atoms with van der Waals surface area (Å²) in [6, 6.07) is 24.4. The van der Waals surface area contributed by atoms with E-state index in [0.29, 0.717) is 13.2 Å². The van der Waals surface area contributed by atoms with Crippen molar-refractivity contribution in [1.29, 1.82) is 0 Å². The van der Waals surface area contributed by atoms with Gasteiger partial charge >= 0.3 is 0 Å². The van der Waals surface area contributed by atoms with Crippen molar-refractivity contribution < 1.29 is 4.74 Å². The van der Waals surface area contributed by atoms with E-state index in [9.17, 15) is 0 Å². The molecule has 154 valence electrons. The second kappa shape index (κ2) is 8.07. The van der Waals surface area contributed by atoms with Gasteiger partial charge < -0.3 is 10.1 Å². The number of anilines is 1. The van der Waals surface area contributed by atoms with Crippen molar-refractivity contribution in [1.82, 2.24) is 19.8 Å². The maximum Gasteiger partial charge on any atom is 0.186 e. The van der Waals surface area contributed by atoms with Crippen LogP contribution in [0, 0.1) is 6.92 Å². The molecule has 1 N–H and O–H groups in total. The second-order valence-electron chi connectivity index (χ2n) is 7.40. The Morgan fingerprint density at radius 2 is 1.71 bits per heavy atom. The first-order valence-electron chi connectivity index (χ1n) is 10.4. The Morgan fingerprint density at radius 3 is 2.52 bits per heavy atom. The molecular formula is C25H23N5O. The molecule has 31 heavy (non-hydrogen) atoms. The van der Waals surface area contributed by atoms with Crippen molar-refractivity contribution >= 4 is 22.4 Å². The van der Waals surface area contributed by atoms with E-state index in [0.717, 1.165) is 50.5 Å². The molecule has 0 bridgehead atoms. The third kappa shape index (κ3) is 3.57. The zero-order chi connectivity index (χ0) is 21.2. The lowest BCUT2D eigenvalue weighted by atomic mass is 10.1. The SMILES string of the molecule is CCOc1ccc(CNc2nc3c(-c4ccccc4C)nnn3c3ccccc23)cc1. The number of ether oxygens (including phenoxy) is 1. The van der Waals surface area contributed by atoms with Crippen LogP contribution in [-0.2, 0) is 6.54 Å². The molecule has 0 aliphatic carbocycles. The van der Waals surface area contributed by atoms with Crippen molar-refractivity contribution in [3.05, 3.63) is 83.9 Å². The van der Waals surface area contributed by atoms with Crippen LogP contribution in [-0.4, -0.2) is 26.4 Å². The molecule has 5 aromatic rings. The van der Waals surface area contributed by atoms with Crippen molar-refractivity contribution in [3.63, 3.8) is 0 Å². The zero-order valence-corrected chi connectivity index (χ0v) is 17.5. The van der Waals surface area contributed by atoms with Crippen LogP contribution in [0.2, 0.25) is 0 Å². The summed E-state index contributed by atoms with van der Waals surface area (Å²) < 4.78 is 7.35. The molecule has 0 spiro atoms. The van der Waals surface area contributed by atoms with Gasteiger partial charge in [-0.1, -0.05) is 53.7 Å². The number of fused-ring (bicyclic) bond motifs is 3. The van der Waals surface area contributed by atoms with Crippen molar-refractivity contribution in [2.45, 2.75) is 20.4 Å². The number of aryl methyl sites for hydroxylation is 1. The maximum atomic E-state index is 5.54. The van der Waals surface area contributed by atoms with E-state index in [1.54, 1.807) is 0 Å². The minimum absolute atomic E-state index is 0.654. The summed E-state index contributed by atoms with van der Waals surface area (Å²) in [5.74, 6) is 1.69. The summed E-state index contributed by atoms with van der Waals surface area (Å²) in [7, 11) is 0. The van der Waals surface area contributed by atoms with Gasteiger partial charge in [0.25, 0.3) is 0 Å². The van der Waals surface area contributed by atoms with Gasteiger partial charge in [-0.3, -0.25) is 0 Å². The van der Waals surface area contributed by atoms with Gasteiger partial charge in [-0.2, -0.15) is 4.52 Å². The van der Waals surface area contributed by atoms with Crippen LogP contribution in [0.25, 0.3) is 27.8 Å². The van der Waals surface area contributed by atoms with Crippen molar-refractivity contribution in [2.24, 2.45) is 0 Å². The van der Waals surface area contributed by atoms with Gasteiger partial charge in [0, 0.05) is 17.5 Å². The van der Waals surface area contributed by atoms with Crippen LogP contribution in [0.5, 0.6) is 5.75 Å². The molecule has 5 rings (SSSR count). The normalized spacial score (nSPS) is 11.2. The lowest BCUT2D eigenvalue weighted by molar-refractivity contribution is 0.340.